The van der Waals surface area contributed by atoms with Gasteiger partial charge in [0.2, 0.25) is 0 Å². The first-order chi connectivity index (χ1) is 7.73. The Labute approximate surface area is 102 Å². The van der Waals surface area contributed by atoms with Crippen LogP contribution in [0.2, 0.25) is 0 Å². The maximum Gasteiger partial charge on any atom is 0.392 e. The van der Waals surface area contributed by atoms with E-state index in [-0.39, 0.29) is 6.42 Å². The Morgan fingerprint density at radius 1 is 1.59 bits per heavy atom. The molecule has 0 heterocycles. The number of carboxylic acids is 1. The van der Waals surface area contributed by atoms with Crippen LogP contribution in [-0.4, -0.2) is 17.3 Å². The van der Waals surface area contributed by atoms with Crippen LogP contribution in [-0.2, 0) is 4.79 Å². The second kappa shape index (κ2) is 5.12. The number of hydrogen-bond donors (Lipinski definition) is 1. The van der Waals surface area contributed by atoms with Crippen LogP contribution in [0.3, 0.4) is 0 Å². The van der Waals surface area contributed by atoms with Crippen LogP contribution in [0, 0.1) is 17.8 Å². The Hall–Kier alpha value is -0.970. The van der Waals surface area contributed by atoms with Gasteiger partial charge in [-0.15, -0.1) is 0 Å². The quantitative estimate of drug-likeness (QED) is 0.849. The molecule has 0 spiro atoms. The van der Waals surface area contributed by atoms with Crippen molar-refractivity contribution >= 4 is 17.6 Å². The molecule has 6 heteroatoms. The fraction of sp³-hybridized carbons (Fsp3) is 0.545. The van der Waals surface area contributed by atoms with Gasteiger partial charge in [0.25, 0.3) is 0 Å². The molecule has 2 nitrogen and oxygen atoms in total. The second-order valence-corrected chi connectivity index (χ2v) is 4.48. The first-order valence-electron chi connectivity index (χ1n) is 5.07. The number of alkyl halides is 3. The van der Waals surface area contributed by atoms with Crippen LogP contribution in [0.1, 0.15) is 13.3 Å². The summed E-state index contributed by atoms with van der Waals surface area (Å²) in [5, 5.41) is 9.36. The third-order valence-corrected chi connectivity index (χ3v) is 3.17. The molecule has 0 aromatic heterocycles. The van der Waals surface area contributed by atoms with Gasteiger partial charge in [-0.05, 0) is 18.4 Å². The number of hydrogen-bond acceptors (Lipinski definition) is 1. The lowest BCUT2D eigenvalue weighted by molar-refractivity contribution is -0.195. The Bertz CT molecular complexity index is 360. The van der Waals surface area contributed by atoms with E-state index >= 15 is 0 Å². The molecule has 0 aliphatic heterocycles. The molecule has 1 rings (SSSR count). The molecule has 17 heavy (non-hydrogen) atoms. The van der Waals surface area contributed by atoms with Crippen molar-refractivity contribution < 1.29 is 23.1 Å². The molecule has 0 aromatic rings. The highest BCUT2D eigenvalue weighted by molar-refractivity contribution is 6.31. The molecule has 0 saturated heterocycles. The van der Waals surface area contributed by atoms with Gasteiger partial charge in [-0.1, -0.05) is 30.7 Å². The molecule has 96 valence electrons. The largest absolute Gasteiger partial charge is 0.481 e. The lowest BCUT2D eigenvalue weighted by atomic mass is 9.79. The molecular weight excluding hydrogens is 257 g/mol. The molecule has 1 unspecified atom stereocenters. The number of carbonyl (C=O) groups is 1. The third-order valence-electron chi connectivity index (χ3n) is 2.89. The summed E-state index contributed by atoms with van der Waals surface area (Å²) < 4.78 is 37.7. The smallest absolute Gasteiger partial charge is 0.392 e. The molecule has 0 saturated carbocycles. The summed E-state index contributed by atoms with van der Waals surface area (Å²) in [6.07, 6.45) is 0.109. The highest BCUT2D eigenvalue weighted by Gasteiger charge is 2.46. The van der Waals surface area contributed by atoms with E-state index in [4.69, 9.17) is 16.7 Å². The van der Waals surface area contributed by atoms with Crippen molar-refractivity contribution in [1.82, 2.24) is 0 Å². The van der Waals surface area contributed by atoms with Crippen LogP contribution in [0.5, 0.6) is 0 Å². The van der Waals surface area contributed by atoms with E-state index in [1.165, 1.54) is 18.2 Å². The molecule has 3 atom stereocenters. The molecule has 0 bridgehead atoms. The highest BCUT2D eigenvalue weighted by atomic mass is 35.5. The van der Waals surface area contributed by atoms with E-state index < -0.39 is 29.9 Å². The summed E-state index contributed by atoms with van der Waals surface area (Å²) in [5.41, 5.74) is 0. The average molecular weight is 269 g/mol. The monoisotopic (exact) mass is 268 g/mol. The number of rotatable bonds is 3. The number of aliphatic carboxylic acids is 1. The van der Waals surface area contributed by atoms with Crippen molar-refractivity contribution in [1.29, 1.82) is 0 Å². The zero-order chi connectivity index (χ0) is 13.2. The van der Waals surface area contributed by atoms with E-state index in [0.717, 1.165) is 6.92 Å². The van der Waals surface area contributed by atoms with Gasteiger partial charge in [-0.2, -0.15) is 13.2 Å². The molecule has 0 radical (unpaired) electrons. The van der Waals surface area contributed by atoms with Crippen LogP contribution in [0.15, 0.2) is 23.3 Å². The molecule has 0 amide bonds. The van der Waals surface area contributed by atoms with Crippen molar-refractivity contribution in [3.63, 3.8) is 0 Å². The number of halogens is 4. The minimum absolute atomic E-state index is 0.215. The minimum atomic E-state index is -4.51. The van der Waals surface area contributed by atoms with E-state index in [2.05, 4.69) is 0 Å². The zero-order valence-corrected chi connectivity index (χ0v) is 9.79. The maximum atomic E-state index is 12.6. The molecular formula is C11H12ClF3O2. The standard InChI is InChI=1S/C11H12ClF3O2/c1-6(11(13,14)15)9(10(16)17)7-2-4-8(12)5-3-7/h2,4-7,9H,3H2,1H3,(H,16,17)/t6-,7?,9+/m1/s1. The van der Waals surface area contributed by atoms with Crippen molar-refractivity contribution in [2.75, 3.05) is 0 Å². The normalized spacial score (nSPS) is 24.1. The first-order valence-corrected chi connectivity index (χ1v) is 5.44. The first kappa shape index (κ1) is 14.1. The maximum absolute atomic E-state index is 12.6. The van der Waals surface area contributed by atoms with Crippen molar-refractivity contribution in [3.05, 3.63) is 23.3 Å². The predicted molar refractivity (Wildman–Crippen MR) is 57.5 cm³/mol. The summed E-state index contributed by atoms with van der Waals surface area (Å²) >= 11 is 5.64. The lowest BCUT2D eigenvalue weighted by Crippen LogP contribution is -2.37. The zero-order valence-electron chi connectivity index (χ0n) is 9.04. The number of carboxylic acid groups (broad SMARTS) is 1. The van der Waals surface area contributed by atoms with E-state index in [1.54, 1.807) is 0 Å². The van der Waals surface area contributed by atoms with Gasteiger partial charge in [0.1, 0.15) is 0 Å². The van der Waals surface area contributed by atoms with Crippen LogP contribution >= 0.6 is 11.6 Å². The van der Waals surface area contributed by atoms with E-state index in [9.17, 15) is 18.0 Å². The van der Waals surface area contributed by atoms with Crippen molar-refractivity contribution in [3.8, 4) is 0 Å². The highest BCUT2D eigenvalue weighted by Crippen LogP contribution is 2.38. The topological polar surface area (TPSA) is 37.3 Å². The van der Waals surface area contributed by atoms with Crippen LogP contribution in [0.25, 0.3) is 0 Å². The van der Waals surface area contributed by atoms with Crippen molar-refractivity contribution in [2.24, 2.45) is 17.8 Å². The Morgan fingerprint density at radius 2 is 2.18 bits per heavy atom. The van der Waals surface area contributed by atoms with Gasteiger partial charge in [0.05, 0.1) is 11.8 Å². The van der Waals surface area contributed by atoms with Gasteiger partial charge < -0.3 is 5.11 Å². The minimum Gasteiger partial charge on any atom is -0.481 e. The molecule has 1 aliphatic rings. The molecule has 0 aromatic carbocycles. The SMILES string of the molecule is C[C@H]([C@H](C(=O)O)C1C=CC(Cl)=CC1)C(F)(F)F. The van der Waals surface area contributed by atoms with Crippen LogP contribution in [0.4, 0.5) is 13.2 Å². The van der Waals surface area contributed by atoms with Gasteiger partial charge in [0.15, 0.2) is 0 Å². The summed E-state index contributed by atoms with van der Waals surface area (Å²) in [6.45, 7) is 0.895. The molecule has 0 fully saturated rings. The Morgan fingerprint density at radius 3 is 2.53 bits per heavy atom. The van der Waals surface area contributed by atoms with Crippen LogP contribution < -0.4 is 0 Å². The van der Waals surface area contributed by atoms with E-state index in [0.29, 0.717) is 5.03 Å². The fourth-order valence-electron chi connectivity index (χ4n) is 1.85. The average Bonchev–Trinajstić information content (AvgIpc) is 2.19. The summed E-state index contributed by atoms with van der Waals surface area (Å²) in [6, 6.07) is 0. The summed E-state index contributed by atoms with van der Waals surface area (Å²) in [5.74, 6) is -5.48. The van der Waals surface area contributed by atoms with E-state index in [1.807, 2.05) is 0 Å². The Kier molecular flexibility index (Phi) is 4.25. The van der Waals surface area contributed by atoms with Gasteiger partial charge in [-0.3, -0.25) is 4.79 Å². The molecule has 1 N–H and O–H groups in total. The molecule has 1 aliphatic carbocycles. The summed E-state index contributed by atoms with van der Waals surface area (Å²) in [4.78, 5) is 11.0. The second-order valence-electron chi connectivity index (χ2n) is 4.04. The summed E-state index contributed by atoms with van der Waals surface area (Å²) in [7, 11) is 0. The van der Waals surface area contributed by atoms with Gasteiger partial charge in [-0.25, -0.2) is 0 Å². The van der Waals surface area contributed by atoms with Gasteiger partial charge >= 0.3 is 12.1 Å². The third kappa shape index (κ3) is 3.49. The fourth-order valence-corrected chi connectivity index (χ4v) is 2.01. The van der Waals surface area contributed by atoms with Crippen molar-refractivity contribution in [2.45, 2.75) is 19.5 Å². The predicted octanol–water partition coefficient (Wildman–Crippen LogP) is 3.58. The Balaban J connectivity index is 2.89. The number of allylic oxidation sites excluding steroid dienone is 4. The van der Waals surface area contributed by atoms with Gasteiger partial charge in [0, 0.05) is 5.03 Å². The lowest BCUT2D eigenvalue weighted by Gasteiger charge is -2.28.